The minimum absolute atomic E-state index is 0. The molecule has 0 radical (unpaired) electrons. The molecule has 3 atom stereocenters. The summed E-state index contributed by atoms with van der Waals surface area (Å²) in [5.74, 6) is 0.755. The van der Waals surface area contributed by atoms with Crippen LogP contribution in [-0.2, 0) is 14.8 Å². The number of halogens is 1. The fourth-order valence-corrected chi connectivity index (χ4v) is 4.81. The van der Waals surface area contributed by atoms with E-state index in [9.17, 15) is 8.42 Å². The van der Waals surface area contributed by atoms with Crippen LogP contribution in [0.1, 0.15) is 40.0 Å². The lowest BCUT2D eigenvalue weighted by Gasteiger charge is -2.51. The maximum Gasteiger partial charge on any atom is 0.211 e. The van der Waals surface area contributed by atoms with Gasteiger partial charge in [-0.15, -0.1) is 24.0 Å². The van der Waals surface area contributed by atoms with Gasteiger partial charge in [0, 0.05) is 37.7 Å². The fraction of sp³-hybridized carbons (Fsp3) is 0.938. The van der Waals surface area contributed by atoms with Crippen molar-refractivity contribution in [1.82, 2.24) is 14.9 Å². The van der Waals surface area contributed by atoms with E-state index in [1.54, 1.807) is 11.4 Å². The van der Waals surface area contributed by atoms with E-state index in [4.69, 9.17) is 4.74 Å². The van der Waals surface area contributed by atoms with Gasteiger partial charge in [-0.2, -0.15) is 4.31 Å². The molecule has 2 N–H and O–H groups in total. The smallest absolute Gasteiger partial charge is 0.211 e. The molecule has 0 aromatic carbocycles. The lowest BCUT2D eigenvalue weighted by molar-refractivity contribution is -0.0922. The van der Waals surface area contributed by atoms with Crippen molar-refractivity contribution in [3.05, 3.63) is 0 Å². The highest BCUT2D eigenvalue weighted by Crippen LogP contribution is 2.42. The molecule has 1 aliphatic carbocycles. The van der Waals surface area contributed by atoms with E-state index >= 15 is 0 Å². The first-order chi connectivity index (χ1) is 11.2. The second-order valence-corrected chi connectivity index (χ2v) is 9.30. The summed E-state index contributed by atoms with van der Waals surface area (Å²) in [5.41, 5.74) is 0.0527. The molecular weight excluding hydrogens is 455 g/mol. The average Bonchev–Trinajstić information content (AvgIpc) is 2.97. The number of methoxy groups -OCH3 is 1. The first kappa shape index (κ1) is 22.9. The third kappa shape index (κ3) is 5.43. The van der Waals surface area contributed by atoms with Gasteiger partial charge in [-0.05, 0) is 26.2 Å². The van der Waals surface area contributed by atoms with Gasteiger partial charge in [0.2, 0.25) is 10.0 Å². The van der Waals surface area contributed by atoms with Crippen molar-refractivity contribution in [2.45, 2.75) is 58.2 Å². The molecular formula is C16H33IN4O3S. The highest BCUT2D eigenvalue weighted by atomic mass is 127. The summed E-state index contributed by atoms with van der Waals surface area (Å²) in [7, 11) is -1.40. The molecule has 2 unspecified atom stereocenters. The van der Waals surface area contributed by atoms with Crippen LogP contribution in [0, 0.1) is 5.41 Å². The number of hydrogen-bond donors (Lipinski definition) is 2. The zero-order valence-corrected chi connectivity index (χ0v) is 19.1. The van der Waals surface area contributed by atoms with Crippen LogP contribution in [0.15, 0.2) is 4.99 Å². The Hall–Kier alpha value is -0.130. The van der Waals surface area contributed by atoms with Crippen LogP contribution < -0.4 is 10.6 Å². The number of hydrogen-bond acceptors (Lipinski definition) is 4. The van der Waals surface area contributed by atoms with Crippen molar-refractivity contribution in [2.75, 3.05) is 33.0 Å². The molecule has 148 valence electrons. The van der Waals surface area contributed by atoms with Crippen LogP contribution in [0.3, 0.4) is 0 Å². The number of aliphatic imine (C=N–C) groups is 1. The minimum atomic E-state index is -3.15. The molecule has 1 heterocycles. The Labute approximate surface area is 169 Å². The lowest BCUT2D eigenvalue weighted by atomic mass is 9.64. The number of guanidine groups is 1. The van der Waals surface area contributed by atoms with Crippen molar-refractivity contribution in [2.24, 2.45) is 10.4 Å². The number of nitrogens with zero attached hydrogens (tertiary/aromatic N) is 2. The van der Waals surface area contributed by atoms with Crippen molar-refractivity contribution in [1.29, 1.82) is 0 Å². The zero-order valence-electron chi connectivity index (χ0n) is 15.9. The maximum atomic E-state index is 11.8. The standard InChI is InChI=1S/C16H32N4O3S.HI/c1-6-17-15(19-13-10-14(23-4)16(13,2)3)18-11-12-8-7-9-20(12)24(5,21)22;/h12-14H,6-11H2,1-5H3,(H2,17,18,19);1H/t12-,13?,14?;/m1./s1. The van der Waals surface area contributed by atoms with E-state index in [1.807, 2.05) is 6.92 Å². The highest BCUT2D eigenvalue weighted by Gasteiger charge is 2.49. The first-order valence-corrected chi connectivity index (χ1v) is 10.6. The maximum absolute atomic E-state index is 11.8. The largest absolute Gasteiger partial charge is 0.381 e. The van der Waals surface area contributed by atoms with Gasteiger partial charge >= 0.3 is 0 Å². The normalized spacial score (nSPS) is 29.6. The van der Waals surface area contributed by atoms with Gasteiger partial charge < -0.3 is 15.4 Å². The molecule has 2 aliphatic rings. The molecule has 0 amide bonds. The minimum Gasteiger partial charge on any atom is -0.381 e. The zero-order chi connectivity index (χ0) is 18.0. The molecule has 0 bridgehead atoms. The fourth-order valence-electron chi connectivity index (χ4n) is 3.64. The number of ether oxygens (including phenoxy) is 1. The molecule has 0 aromatic heterocycles. The summed E-state index contributed by atoms with van der Waals surface area (Å²) < 4.78 is 30.7. The van der Waals surface area contributed by atoms with Gasteiger partial charge in [-0.3, -0.25) is 4.99 Å². The van der Waals surface area contributed by atoms with E-state index in [0.29, 0.717) is 19.1 Å². The number of sulfonamides is 1. The van der Waals surface area contributed by atoms with Crippen molar-refractivity contribution >= 4 is 40.0 Å². The Bertz CT molecular complexity index is 568. The average molecular weight is 488 g/mol. The number of nitrogens with one attached hydrogen (secondary N) is 2. The third-order valence-electron chi connectivity index (χ3n) is 5.33. The SMILES string of the molecule is CCNC(=NC[C@H]1CCCN1S(C)(=O)=O)NC1CC(OC)C1(C)C.I. The second-order valence-electron chi connectivity index (χ2n) is 7.37. The van der Waals surface area contributed by atoms with Gasteiger partial charge in [0.1, 0.15) is 0 Å². The highest BCUT2D eigenvalue weighted by molar-refractivity contribution is 14.0. The molecule has 7 nitrogen and oxygen atoms in total. The third-order valence-corrected chi connectivity index (χ3v) is 6.66. The predicted molar refractivity (Wildman–Crippen MR) is 112 cm³/mol. The summed E-state index contributed by atoms with van der Waals surface area (Å²) in [5, 5.41) is 6.74. The predicted octanol–water partition coefficient (Wildman–Crippen LogP) is 1.40. The van der Waals surface area contributed by atoms with Crippen LogP contribution >= 0.6 is 24.0 Å². The quantitative estimate of drug-likeness (QED) is 0.336. The molecule has 0 spiro atoms. The topological polar surface area (TPSA) is 83.0 Å². The van der Waals surface area contributed by atoms with Crippen molar-refractivity contribution in [3.63, 3.8) is 0 Å². The van der Waals surface area contributed by atoms with Crippen LogP contribution in [0.2, 0.25) is 0 Å². The monoisotopic (exact) mass is 488 g/mol. The van der Waals surface area contributed by atoms with Gasteiger partial charge in [0.25, 0.3) is 0 Å². The summed E-state index contributed by atoms with van der Waals surface area (Å²) in [6, 6.07) is 0.270. The Morgan fingerprint density at radius 2 is 2.08 bits per heavy atom. The van der Waals surface area contributed by atoms with Gasteiger partial charge in [0.05, 0.1) is 18.9 Å². The van der Waals surface area contributed by atoms with Gasteiger partial charge in [0.15, 0.2) is 5.96 Å². The molecule has 1 saturated carbocycles. The summed E-state index contributed by atoms with van der Waals surface area (Å²) in [6.07, 6.45) is 4.26. The van der Waals surface area contributed by atoms with E-state index < -0.39 is 10.0 Å². The first-order valence-electron chi connectivity index (χ1n) is 8.74. The molecule has 1 saturated heterocycles. The summed E-state index contributed by atoms with van der Waals surface area (Å²) in [4.78, 5) is 4.64. The molecule has 25 heavy (non-hydrogen) atoms. The van der Waals surface area contributed by atoms with Crippen LogP contribution in [0.25, 0.3) is 0 Å². The van der Waals surface area contributed by atoms with Crippen LogP contribution in [0.5, 0.6) is 0 Å². The Balaban J connectivity index is 0.00000312. The second kappa shape index (κ2) is 9.18. The Morgan fingerprint density at radius 3 is 2.60 bits per heavy atom. The summed E-state index contributed by atoms with van der Waals surface area (Å²) in [6.45, 7) is 8.27. The van der Waals surface area contributed by atoms with Crippen LogP contribution in [0.4, 0.5) is 0 Å². The van der Waals surface area contributed by atoms with Crippen LogP contribution in [-0.4, -0.2) is 69.9 Å². The Morgan fingerprint density at radius 1 is 1.40 bits per heavy atom. The molecule has 2 fully saturated rings. The van der Waals surface area contributed by atoms with Gasteiger partial charge in [-0.1, -0.05) is 13.8 Å². The van der Waals surface area contributed by atoms with E-state index in [0.717, 1.165) is 31.8 Å². The van der Waals surface area contributed by atoms with Gasteiger partial charge in [-0.25, -0.2) is 8.42 Å². The summed E-state index contributed by atoms with van der Waals surface area (Å²) >= 11 is 0. The van der Waals surface area contributed by atoms with Crippen molar-refractivity contribution in [3.8, 4) is 0 Å². The molecule has 9 heteroatoms. The molecule has 2 rings (SSSR count). The molecule has 1 aliphatic heterocycles. The number of rotatable bonds is 6. The Kier molecular flexibility index (Phi) is 8.42. The van der Waals surface area contributed by atoms with E-state index in [2.05, 4.69) is 29.5 Å². The van der Waals surface area contributed by atoms with Crippen molar-refractivity contribution < 1.29 is 13.2 Å². The lowest BCUT2D eigenvalue weighted by Crippen LogP contribution is -2.63. The van der Waals surface area contributed by atoms with E-state index in [-0.39, 0.29) is 41.5 Å². The van der Waals surface area contributed by atoms with E-state index in [1.165, 1.54) is 6.26 Å². The molecule has 0 aromatic rings.